The standard InChI is InChI=1S/C10H12Cl2/c1-7(2)10-8(6-11)4-3-5-9(10)12/h3-5,7H,6H2,1-2H3. The van der Waals surface area contributed by atoms with Gasteiger partial charge in [0.15, 0.2) is 0 Å². The molecule has 0 aliphatic carbocycles. The minimum absolute atomic E-state index is 0.437. The first-order valence-corrected chi connectivity index (χ1v) is 4.91. The van der Waals surface area contributed by atoms with Crippen molar-refractivity contribution in [3.8, 4) is 0 Å². The highest BCUT2D eigenvalue weighted by Gasteiger charge is 2.08. The van der Waals surface area contributed by atoms with Gasteiger partial charge in [-0.3, -0.25) is 0 Å². The Bertz CT molecular complexity index is 267. The van der Waals surface area contributed by atoms with Gasteiger partial charge in [-0.25, -0.2) is 0 Å². The zero-order chi connectivity index (χ0) is 9.14. The topological polar surface area (TPSA) is 0 Å². The Morgan fingerprint density at radius 2 is 2.00 bits per heavy atom. The lowest BCUT2D eigenvalue weighted by Crippen LogP contribution is -1.94. The van der Waals surface area contributed by atoms with Crippen molar-refractivity contribution in [2.24, 2.45) is 0 Å². The highest BCUT2D eigenvalue weighted by Crippen LogP contribution is 2.28. The fourth-order valence-corrected chi connectivity index (χ4v) is 1.99. The Labute approximate surface area is 83.5 Å². The summed E-state index contributed by atoms with van der Waals surface area (Å²) in [5.41, 5.74) is 2.31. The smallest absolute Gasteiger partial charge is 0.0477 e. The van der Waals surface area contributed by atoms with Crippen molar-refractivity contribution in [3.05, 3.63) is 34.3 Å². The lowest BCUT2D eigenvalue weighted by molar-refractivity contribution is 0.854. The molecule has 0 bridgehead atoms. The SMILES string of the molecule is CC(C)c1c(Cl)cccc1CCl. The van der Waals surface area contributed by atoms with Crippen LogP contribution in [0.3, 0.4) is 0 Å². The summed E-state index contributed by atoms with van der Waals surface area (Å²) in [7, 11) is 0. The Balaban J connectivity index is 3.20. The molecule has 0 N–H and O–H groups in total. The maximum absolute atomic E-state index is 6.04. The second-order valence-corrected chi connectivity index (χ2v) is 3.78. The van der Waals surface area contributed by atoms with Crippen LogP contribution in [-0.2, 0) is 5.88 Å². The molecule has 2 heteroatoms. The maximum atomic E-state index is 6.04. The average Bonchev–Trinajstić information content (AvgIpc) is 2.03. The van der Waals surface area contributed by atoms with E-state index in [4.69, 9.17) is 23.2 Å². The number of hydrogen-bond donors (Lipinski definition) is 0. The van der Waals surface area contributed by atoms with E-state index in [2.05, 4.69) is 13.8 Å². The molecule has 0 amide bonds. The van der Waals surface area contributed by atoms with Crippen molar-refractivity contribution in [2.45, 2.75) is 25.6 Å². The summed E-state index contributed by atoms with van der Waals surface area (Å²) < 4.78 is 0. The van der Waals surface area contributed by atoms with Gasteiger partial charge in [-0.2, -0.15) is 0 Å². The zero-order valence-electron chi connectivity index (χ0n) is 7.27. The number of alkyl halides is 1. The minimum atomic E-state index is 0.437. The third-order valence-corrected chi connectivity index (χ3v) is 2.48. The molecule has 1 rings (SSSR count). The Morgan fingerprint density at radius 1 is 1.33 bits per heavy atom. The van der Waals surface area contributed by atoms with Gasteiger partial charge in [-0.1, -0.05) is 37.6 Å². The third-order valence-electron chi connectivity index (χ3n) is 1.86. The summed E-state index contributed by atoms with van der Waals surface area (Å²) in [6.07, 6.45) is 0. The summed E-state index contributed by atoms with van der Waals surface area (Å²) in [6.45, 7) is 4.24. The molecule has 0 heterocycles. The van der Waals surface area contributed by atoms with Crippen LogP contribution in [0.4, 0.5) is 0 Å². The van der Waals surface area contributed by atoms with Crippen LogP contribution < -0.4 is 0 Å². The Kier molecular flexibility index (Phi) is 3.42. The van der Waals surface area contributed by atoms with E-state index in [0.29, 0.717) is 11.8 Å². The van der Waals surface area contributed by atoms with Gasteiger partial charge >= 0.3 is 0 Å². The van der Waals surface area contributed by atoms with Gasteiger partial charge in [0, 0.05) is 10.9 Å². The summed E-state index contributed by atoms with van der Waals surface area (Å²) in [6, 6.07) is 5.87. The monoisotopic (exact) mass is 202 g/mol. The van der Waals surface area contributed by atoms with Crippen molar-refractivity contribution in [1.29, 1.82) is 0 Å². The van der Waals surface area contributed by atoms with Gasteiger partial charge in [-0.15, -0.1) is 11.6 Å². The normalized spacial score (nSPS) is 10.8. The second-order valence-electron chi connectivity index (χ2n) is 3.10. The predicted octanol–water partition coefficient (Wildman–Crippen LogP) is 4.20. The molecular formula is C10H12Cl2. The summed E-state index contributed by atoms with van der Waals surface area (Å²) >= 11 is 11.8. The molecule has 0 aliphatic heterocycles. The minimum Gasteiger partial charge on any atom is -0.122 e. The van der Waals surface area contributed by atoms with Crippen molar-refractivity contribution in [1.82, 2.24) is 0 Å². The molecule has 0 aromatic heterocycles. The fourth-order valence-electron chi connectivity index (χ4n) is 1.34. The van der Waals surface area contributed by atoms with Gasteiger partial charge in [0.25, 0.3) is 0 Å². The maximum Gasteiger partial charge on any atom is 0.0477 e. The van der Waals surface area contributed by atoms with Crippen LogP contribution in [0.1, 0.15) is 30.9 Å². The Hall–Kier alpha value is -0.200. The third kappa shape index (κ3) is 1.94. The lowest BCUT2D eigenvalue weighted by atomic mass is 9.98. The van der Waals surface area contributed by atoms with E-state index in [1.165, 1.54) is 5.56 Å². The van der Waals surface area contributed by atoms with E-state index in [0.717, 1.165) is 10.6 Å². The van der Waals surface area contributed by atoms with Crippen molar-refractivity contribution < 1.29 is 0 Å². The van der Waals surface area contributed by atoms with E-state index in [-0.39, 0.29) is 0 Å². The molecule has 0 spiro atoms. The quantitative estimate of drug-likeness (QED) is 0.631. The molecule has 0 saturated heterocycles. The predicted molar refractivity (Wildman–Crippen MR) is 55.1 cm³/mol. The molecule has 0 atom stereocenters. The molecule has 1 aromatic carbocycles. The number of hydrogen-bond acceptors (Lipinski definition) is 0. The van der Waals surface area contributed by atoms with Crippen molar-refractivity contribution in [3.63, 3.8) is 0 Å². The molecule has 0 nitrogen and oxygen atoms in total. The molecule has 0 saturated carbocycles. The molecule has 0 fully saturated rings. The van der Waals surface area contributed by atoms with Crippen LogP contribution >= 0.6 is 23.2 Å². The van der Waals surface area contributed by atoms with Crippen LogP contribution in [0.5, 0.6) is 0 Å². The lowest BCUT2D eigenvalue weighted by Gasteiger charge is -2.12. The van der Waals surface area contributed by atoms with E-state index >= 15 is 0 Å². The first kappa shape index (κ1) is 9.88. The fraction of sp³-hybridized carbons (Fsp3) is 0.400. The summed E-state index contributed by atoms with van der Waals surface area (Å²) in [4.78, 5) is 0. The number of benzene rings is 1. The van der Waals surface area contributed by atoms with Crippen LogP contribution in [0.2, 0.25) is 5.02 Å². The first-order chi connectivity index (χ1) is 5.66. The van der Waals surface area contributed by atoms with Crippen LogP contribution in [0.15, 0.2) is 18.2 Å². The van der Waals surface area contributed by atoms with Gasteiger partial charge in [0.1, 0.15) is 0 Å². The van der Waals surface area contributed by atoms with Gasteiger partial charge in [-0.05, 0) is 23.1 Å². The molecule has 0 aliphatic rings. The highest BCUT2D eigenvalue weighted by molar-refractivity contribution is 6.31. The van der Waals surface area contributed by atoms with E-state index < -0.39 is 0 Å². The molecule has 12 heavy (non-hydrogen) atoms. The van der Waals surface area contributed by atoms with Gasteiger partial charge in [0.2, 0.25) is 0 Å². The van der Waals surface area contributed by atoms with E-state index in [1.807, 2.05) is 18.2 Å². The molecule has 66 valence electrons. The van der Waals surface area contributed by atoms with Crippen LogP contribution in [-0.4, -0.2) is 0 Å². The average molecular weight is 203 g/mol. The van der Waals surface area contributed by atoms with Crippen LogP contribution in [0.25, 0.3) is 0 Å². The Morgan fingerprint density at radius 3 is 2.42 bits per heavy atom. The largest absolute Gasteiger partial charge is 0.122 e. The summed E-state index contributed by atoms with van der Waals surface area (Å²) in [5.74, 6) is 0.973. The van der Waals surface area contributed by atoms with Gasteiger partial charge < -0.3 is 0 Å². The van der Waals surface area contributed by atoms with Crippen molar-refractivity contribution >= 4 is 23.2 Å². The molecule has 0 radical (unpaired) electrons. The molecule has 1 aromatic rings. The highest BCUT2D eigenvalue weighted by atomic mass is 35.5. The van der Waals surface area contributed by atoms with E-state index in [9.17, 15) is 0 Å². The number of rotatable bonds is 2. The van der Waals surface area contributed by atoms with E-state index in [1.54, 1.807) is 0 Å². The van der Waals surface area contributed by atoms with Crippen molar-refractivity contribution in [2.75, 3.05) is 0 Å². The first-order valence-electron chi connectivity index (χ1n) is 4.00. The zero-order valence-corrected chi connectivity index (χ0v) is 8.78. The summed E-state index contributed by atoms with van der Waals surface area (Å²) in [5, 5.41) is 0.822. The molecular weight excluding hydrogens is 191 g/mol. The number of halogens is 2. The van der Waals surface area contributed by atoms with Crippen LogP contribution in [0, 0.1) is 0 Å². The van der Waals surface area contributed by atoms with Gasteiger partial charge in [0.05, 0.1) is 0 Å². The molecule has 0 unspecified atom stereocenters. The second kappa shape index (κ2) is 4.15.